The van der Waals surface area contributed by atoms with E-state index in [9.17, 15) is 13.2 Å². The Morgan fingerprint density at radius 1 is 1.33 bits per heavy atom. The van der Waals surface area contributed by atoms with Crippen LogP contribution in [0.4, 0.5) is 13.2 Å². The number of alkyl halides is 3. The summed E-state index contributed by atoms with van der Waals surface area (Å²) in [4.78, 5) is 1.63. The molecule has 6 heteroatoms. The van der Waals surface area contributed by atoms with Gasteiger partial charge in [0, 0.05) is 25.7 Å². The molecule has 18 heavy (non-hydrogen) atoms. The van der Waals surface area contributed by atoms with Gasteiger partial charge in [-0.15, -0.1) is 0 Å². The van der Waals surface area contributed by atoms with E-state index in [1.807, 2.05) is 13.8 Å². The van der Waals surface area contributed by atoms with Crippen molar-refractivity contribution in [3.8, 4) is 0 Å². The number of aliphatic hydroxyl groups is 1. The minimum Gasteiger partial charge on any atom is -0.382 e. The molecular weight excluding hydrogens is 247 g/mol. The van der Waals surface area contributed by atoms with Crippen LogP contribution in [0.25, 0.3) is 0 Å². The molecule has 0 saturated carbocycles. The van der Waals surface area contributed by atoms with E-state index in [2.05, 4.69) is 0 Å². The zero-order valence-corrected chi connectivity index (χ0v) is 10.9. The topological polar surface area (TPSA) is 32.7 Å². The Labute approximate surface area is 106 Å². The summed E-state index contributed by atoms with van der Waals surface area (Å²) < 4.78 is 42.6. The van der Waals surface area contributed by atoms with E-state index in [4.69, 9.17) is 9.84 Å². The third kappa shape index (κ3) is 5.12. The Morgan fingerprint density at radius 2 is 2.00 bits per heavy atom. The van der Waals surface area contributed by atoms with Gasteiger partial charge in [0.1, 0.15) is 0 Å². The summed E-state index contributed by atoms with van der Waals surface area (Å²) in [6.45, 7) is 4.39. The van der Waals surface area contributed by atoms with Gasteiger partial charge in [0.15, 0.2) is 6.10 Å². The molecule has 1 N–H and O–H groups in total. The lowest BCUT2D eigenvalue weighted by Gasteiger charge is -2.34. The molecule has 3 nitrogen and oxygen atoms in total. The van der Waals surface area contributed by atoms with E-state index in [0.717, 1.165) is 19.3 Å². The number of hydrogen-bond donors (Lipinski definition) is 1. The third-order valence-corrected chi connectivity index (χ3v) is 3.23. The highest BCUT2D eigenvalue weighted by Gasteiger charge is 2.39. The first kappa shape index (κ1) is 15.7. The van der Waals surface area contributed by atoms with Crippen molar-refractivity contribution in [2.75, 3.05) is 19.7 Å². The van der Waals surface area contributed by atoms with Crippen molar-refractivity contribution in [1.29, 1.82) is 0 Å². The smallest absolute Gasteiger partial charge is 0.382 e. The molecule has 0 amide bonds. The Bertz CT molecular complexity index is 240. The van der Waals surface area contributed by atoms with Crippen molar-refractivity contribution in [2.24, 2.45) is 0 Å². The number of nitrogens with zero attached hydrogens (tertiary/aromatic N) is 1. The molecule has 2 atom stereocenters. The van der Waals surface area contributed by atoms with E-state index in [0.29, 0.717) is 13.2 Å². The fraction of sp³-hybridized carbons (Fsp3) is 1.00. The number of ether oxygens (including phenoxy) is 1. The first-order chi connectivity index (χ1) is 8.30. The molecule has 1 aliphatic rings. The summed E-state index contributed by atoms with van der Waals surface area (Å²) in [5.41, 5.74) is 0. The van der Waals surface area contributed by atoms with Gasteiger partial charge in [-0.25, -0.2) is 0 Å². The Balaban J connectivity index is 2.49. The Morgan fingerprint density at radius 3 is 2.44 bits per heavy atom. The molecule has 0 aromatic carbocycles. The molecule has 1 fully saturated rings. The Kier molecular flexibility index (Phi) is 5.88. The first-order valence-corrected chi connectivity index (χ1v) is 6.41. The lowest BCUT2D eigenvalue weighted by molar-refractivity contribution is -0.210. The van der Waals surface area contributed by atoms with Crippen molar-refractivity contribution in [3.05, 3.63) is 0 Å². The van der Waals surface area contributed by atoms with Gasteiger partial charge >= 0.3 is 6.18 Å². The lowest BCUT2D eigenvalue weighted by atomic mass is 10.1. The maximum Gasteiger partial charge on any atom is 0.415 e. The number of halogens is 3. The van der Waals surface area contributed by atoms with Crippen LogP contribution in [-0.4, -0.2) is 54.1 Å². The molecular formula is C12H22F3NO2. The van der Waals surface area contributed by atoms with Gasteiger partial charge in [-0.3, -0.25) is 4.90 Å². The molecule has 1 aliphatic heterocycles. The fourth-order valence-corrected chi connectivity index (χ4v) is 2.03. The summed E-state index contributed by atoms with van der Waals surface area (Å²) in [5, 5.41) is 9.13. The molecule has 1 rings (SSSR count). The van der Waals surface area contributed by atoms with Crippen molar-refractivity contribution in [2.45, 2.75) is 57.5 Å². The van der Waals surface area contributed by atoms with E-state index < -0.39 is 12.3 Å². The van der Waals surface area contributed by atoms with Crippen LogP contribution in [0.1, 0.15) is 33.1 Å². The van der Waals surface area contributed by atoms with Gasteiger partial charge in [-0.05, 0) is 33.1 Å². The van der Waals surface area contributed by atoms with Crippen molar-refractivity contribution >= 4 is 0 Å². The molecule has 1 heterocycles. The summed E-state index contributed by atoms with van der Waals surface area (Å²) in [6, 6.07) is -0.0486. The minimum atomic E-state index is -4.55. The van der Waals surface area contributed by atoms with Crippen LogP contribution < -0.4 is 0 Å². The van der Waals surface area contributed by atoms with Crippen LogP contribution in [0.15, 0.2) is 0 Å². The van der Waals surface area contributed by atoms with Crippen LogP contribution in [0, 0.1) is 0 Å². The lowest BCUT2D eigenvalue weighted by Crippen LogP contribution is -2.47. The second-order valence-electron chi connectivity index (χ2n) is 5.09. The summed E-state index contributed by atoms with van der Waals surface area (Å²) in [6.07, 6.45) is -3.90. The normalized spacial score (nSPS) is 23.7. The van der Waals surface area contributed by atoms with E-state index in [1.165, 1.54) is 0 Å². The minimum absolute atomic E-state index is 0.0124. The van der Waals surface area contributed by atoms with Crippen molar-refractivity contribution in [1.82, 2.24) is 4.90 Å². The van der Waals surface area contributed by atoms with Gasteiger partial charge in [-0.2, -0.15) is 13.2 Å². The zero-order chi connectivity index (χ0) is 13.8. The van der Waals surface area contributed by atoms with Crippen LogP contribution >= 0.6 is 0 Å². The van der Waals surface area contributed by atoms with Crippen LogP contribution in [0.2, 0.25) is 0 Å². The van der Waals surface area contributed by atoms with Crippen LogP contribution in [-0.2, 0) is 4.74 Å². The zero-order valence-electron chi connectivity index (χ0n) is 10.9. The molecule has 2 unspecified atom stereocenters. The molecule has 108 valence electrons. The predicted octanol–water partition coefficient (Wildman–Crippen LogP) is 2.19. The standard InChI is InChI=1S/C12H22F3NO2/c1-9(2)16(8-11(17)12(13,14)15)7-10-5-3-4-6-18-10/h9-11,17H,3-8H2,1-2H3. The SMILES string of the molecule is CC(C)N(CC1CCCCO1)CC(O)C(F)(F)F. The second-order valence-corrected chi connectivity index (χ2v) is 5.09. The van der Waals surface area contributed by atoms with Gasteiger partial charge in [-0.1, -0.05) is 0 Å². The number of aliphatic hydroxyl groups excluding tert-OH is 1. The maximum absolute atomic E-state index is 12.3. The summed E-state index contributed by atoms with van der Waals surface area (Å²) in [7, 11) is 0. The molecule has 0 spiro atoms. The molecule has 0 aromatic rings. The summed E-state index contributed by atoms with van der Waals surface area (Å²) in [5.74, 6) is 0. The quantitative estimate of drug-likeness (QED) is 0.830. The second kappa shape index (κ2) is 6.73. The van der Waals surface area contributed by atoms with E-state index >= 15 is 0 Å². The highest BCUT2D eigenvalue weighted by atomic mass is 19.4. The average molecular weight is 269 g/mol. The van der Waals surface area contributed by atoms with Gasteiger partial charge in [0.2, 0.25) is 0 Å². The molecule has 0 aromatic heterocycles. The van der Waals surface area contributed by atoms with E-state index in [1.54, 1.807) is 4.90 Å². The van der Waals surface area contributed by atoms with Gasteiger partial charge in [0.05, 0.1) is 6.10 Å². The van der Waals surface area contributed by atoms with Crippen LogP contribution in [0.3, 0.4) is 0 Å². The average Bonchev–Trinajstić information content (AvgIpc) is 2.28. The van der Waals surface area contributed by atoms with Gasteiger partial charge < -0.3 is 9.84 Å². The molecule has 0 radical (unpaired) electrons. The third-order valence-electron chi connectivity index (χ3n) is 3.23. The van der Waals surface area contributed by atoms with Crippen molar-refractivity contribution < 1.29 is 23.0 Å². The monoisotopic (exact) mass is 269 g/mol. The predicted molar refractivity (Wildman–Crippen MR) is 62.4 cm³/mol. The van der Waals surface area contributed by atoms with Crippen molar-refractivity contribution in [3.63, 3.8) is 0 Å². The number of rotatable bonds is 5. The molecule has 0 bridgehead atoms. The Hall–Kier alpha value is -0.330. The fourth-order valence-electron chi connectivity index (χ4n) is 2.03. The maximum atomic E-state index is 12.3. The molecule has 0 aliphatic carbocycles. The highest BCUT2D eigenvalue weighted by Crippen LogP contribution is 2.22. The number of hydrogen-bond acceptors (Lipinski definition) is 3. The van der Waals surface area contributed by atoms with Crippen LogP contribution in [0.5, 0.6) is 0 Å². The highest BCUT2D eigenvalue weighted by molar-refractivity contribution is 4.77. The summed E-state index contributed by atoms with van der Waals surface area (Å²) >= 11 is 0. The first-order valence-electron chi connectivity index (χ1n) is 6.41. The van der Waals surface area contributed by atoms with Gasteiger partial charge in [0.25, 0.3) is 0 Å². The van der Waals surface area contributed by atoms with E-state index in [-0.39, 0.29) is 18.7 Å². The molecule has 1 saturated heterocycles. The largest absolute Gasteiger partial charge is 0.415 e.